The highest BCUT2D eigenvalue weighted by Gasteiger charge is 2.25. The van der Waals surface area contributed by atoms with E-state index >= 15 is 0 Å². The van der Waals surface area contributed by atoms with E-state index in [-0.39, 0.29) is 18.9 Å². The maximum Gasteiger partial charge on any atom is 0.326 e. The average Bonchev–Trinajstić information content (AvgIpc) is 2.94. The van der Waals surface area contributed by atoms with Gasteiger partial charge in [-0.1, -0.05) is 18.2 Å². The number of rotatable bonds is 7. The summed E-state index contributed by atoms with van der Waals surface area (Å²) in [5.74, 6) is -1.53. The largest absolute Gasteiger partial charge is 0.480 e. The van der Waals surface area contributed by atoms with Crippen LogP contribution in [0.4, 0.5) is 0 Å². The van der Waals surface area contributed by atoms with Gasteiger partial charge in [-0.15, -0.1) is 0 Å². The zero-order valence-electron chi connectivity index (χ0n) is 12.5. The number of methoxy groups -OCH3 is 1. The summed E-state index contributed by atoms with van der Waals surface area (Å²) in [5, 5.41) is 12.5. The molecule has 2 aromatic rings. The highest BCUT2D eigenvalue weighted by Crippen LogP contribution is 2.25. The van der Waals surface area contributed by atoms with Gasteiger partial charge in [0.05, 0.1) is 5.92 Å². The van der Waals surface area contributed by atoms with Gasteiger partial charge in [0.25, 0.3) is 0 Å². The third-order valence-electron chi connectivity index (χ3n) is 3.49. The molecule has 2 rings (SSSR count). The number of benzene rings is 1. The first-order chi connectivity index (χ1) is 10.5. The van der Waals surface area contributed by atoms with Crippen LogP contribution in [0.2, 0.25) is 0 Å². The van der Waals surface area contributed by atoms with E-state index in [2.05, 4.69) is 5.32 Å². The highest BCUT2D eigenvalue weighted by atomic mass is 16.5. The minimum Gasteiger partial charge on any atom is -0.480 e. The van der Waals surface area contributed by atoms with Gasteiger partial charge in [0.2, 0.25) is 5.91 Å². The van der Waals surface area contributed by atoms with E-state index in [0.29, 0.717) is 11.3 Å². The van der Waals surface area contributed by atoms with Gasteiger partial charge in [0.15, 0.2) is 0 Å². The number of carbonyl (C=O) groups excluding carboxylic acids is 1. The first-order valence-corrected chi connectivity index (χ1v) is 7.03. The summed E-state index contributed by atoms with van der Waals surface area (Å²) < 4.78 is 10.5. The molecule has 22 heavy (non-hydrogen) atoms. The Balaban J connectivity index is 2.08. The molecule has 0 aliphatic carbocycles. The summed E-state index contributed by atoms with van der Waals surface area (Å²) in [5.41, 5.74) is 0.700. The van der Waals surface area contributed by atoms with E-state index in [1.165, 1.54) is 7.11 Å². The van der Waals surface area contributed by atoms with Gasteiger partial charge in [0, 0.05) is 25.5 Å². The van der Waals surface area contributed by atoms with Gasteiger partial charge in [-0.05, 0) is 19.1 Å². The molecule has 0 aliphatic rings. The number of hydrogen-bond acceptors (Lipinski definition) is 4. The molecule has 0 saturated carbocycles. The molecule has 6 heteroatoms. The molecule has 2 N–H and O–H groups in total. The molecule has 0 saturated heterocycles. The number of para-hydroxylation sites is 1. The first-order valence-electron chi connectivity index (χ1n) is 7.03. The quantitative estimate of drug-likeness (QED) is 0.818. The molecule has 2 atom stereocenters. The van der Waals surface area contributed by atoms with Crippen molar-refractivity contribution < 1.29 is 23.8 Å². The fourth-order valence-electron chi connectivity index (χ4n) is 2.13. The molecule has 2 unspecified atom stereocenters. The van der Waals surface area contributed by atoms with Crippen LogP contribution in [0.1, 0.15) is 25.0 Å². The molecular formula is C16H19NO5. The van der Waals surface area contributed by atoms with Crippen molar-refractivity contribution in [1.82, 2.24) is 5.32 Å². The van der Waals surface area contributed by atoms with Crippen molar-refractivity contribution in [1.29, 1.82) is 0 Å². The second-order valence-corrected chi connectivity index (χ2v) is 5.09. The van der Waals surface area contributed by atoms with Crippen molar-refractivity contribution in [2.45, 2.75) is 25.3 Å². The zero-order chi connectivity index (χ0) is 16.1. The lowest BCUT2D eigenvalue weighted by molar-refractivity contribution is -0.142. The van der Waals surface area contributed by atoms with E-state index in [1.807, 2.05) is 24.3 Å². The molecule has 1 amide bonds. The minimum absolute atomic E-state index is 0.213. The third kappa shape index (κ3) is 3.65. The number of fused-ring (bicyclic) bond motifs is 1. The topological polar surface area (TPSA) is 88.8 Å². The Labute approximate surface area is 128 Å². The molecule has 0 fully saturated rings. The number of hydrogen-bond donors (Lipinski definition) is 2. The number of carboxylic acids is 1. The van der Waals surface area contributed by atoms with Gasteiger partial charge in [-0.3, -0.25) is 4.79 Å². The Bertz CT molecular complexity index is 630. The van der Waals surface area contributed by atoms with Crippen LogP contribution in [-0.2, 0) is 14.3 Å². The predicted molar refractivity (Wildman–Crippen MR) is 80.7 cm³/mol. The van der Waals surface area contributed by atoms with Crippen molar-refractivity contribution in [2.75, 3.05) is 13.7 Å². The second-order valence-electron chi connectivity index (χ2n) is 5.09. The fourth-order valence-corrected chi connectivity index (χ4v) is 2.13. The molecule has 0 spiro atoms. The van der Waals surface area contributed by atoms with Crippen LogP contribution in [0, 0.1) is 0 Å². The van der Waals surface area contributed by atoms with Crippen LogP contribution in [0.25, 0.3) is 11.0 Å². The van der Waals surface area contributed by atoms with Crippen LogP contribution < -0.4 is 5.32 Å². The summed E-state index contributed by atoms with van der Waals surface area (Å²) in [6.07, 6.45) is 0.213. The highest BCUT2D eigenvalue weighted by molar-refractivity contribution is 5.88. The van der Waals surface area contributed by atoms with Gasteiger partial charge >= 0.3 is 5.97 Å². The zero-order valence-corrected chi connectivity index (χ0v) is 12.5. The van der Waals surface area contributed by atoms with Crippen LogP contribution in [0.15, 0.2) is 34.7 Å². The maximum atomic E-state index is 12.2. The molecule has 6 nitrogen and oxygen atoms in total. The minimum atomic E-state index is -1.08. The monoisotopic (exact) mass is 305 g/mol. The Morgan fingerprint density at radius 3 is 2.73 bits per heavy atom. The Kier molecular flexibility index (Phi) is 5.16. The normalized spacial score (nSPS) is 13.7. The summed E-state index contributed by atoms with van der Waals surface area (Å²) >= 11 is 0. The van der Waals surface area contributed by atoms with E-state index in [1.54, 1.807) is 13.0 Å². The van der Waals surface area contributed by atoms with Crippen LogP contribution in [0.3, 0.4) is 0 Å². The number of aliphatic carboxylic acids is 1. The summed E-state index contributed by atoms with van der Waals surface area (Å²) in [6.45, 7) is 1.94. The van der Waals surface area contributed by atoms with Crippen molar-refractivity contribution in [2.24, 2.45) is 0 Å². The maximum absolute atomic E-state index is 12.2. The lowest BCUT2D eigenvalue weighted by Crippen LogP contribution is -2.43. The van der Waals surface area contributed by atoms with Crippen LogP contribution in [-0.4, -0.2) is 36.7 Å². The van der Waals surface area contributed by atoms with Crippen molar-refractivity contribution in [3.8, 4) is 0 Å². The Hall–Kier alpha value is -2.34. The van der Waals surface area contributed by atoms with Gasteiger partial charge in [-0.25, -0.2) is 4.79 Å². The first kappa shape index (κ1) is 16.0. The fraction of sp³-hybridized carbons (Fsp3) is 0.375. The number of furan rings is 1. The number of ether oxygens (including phenoxy) is 1. The lowest BCUT2D eigenvalue weighted by atomic mass is 10.1. The molecule has 0 bridgehead atoms. The lowest BCUT2D eigenvalue weighted by Gasteiger charge is -2.16. The van der Waals surface area contributed by atoms with Crippen molar-refractivity contribution in [3.63, 3.8) is 0 Å². The van der Waals surface area contributed by atoms with Gasteiger partial charge in [-0.2, -0.15) is 0 Å². The molecule has 0 aliphatic heterocycles. The standard InChI is InChI=1S/C16H19NO5/c1-10(14-9-11-5-3-4-6-13(11)22-14)15(18)17-12(16(19)20)7-8-21-2/h3-6,9-10,12H,7-8H2,1-2H3,(H,17,18)(H,19,20). The number of carbonyl (C=O) groups is 2. The third-order valence-corrected chi connectivity index (χ3v) is 3.49. The molecule has 0 radical (unpaired) electrons. The number of amides is 1. The predicted octanol–water partition coefficient (Wildman–Crippen LogP) is 2.14. The molecule has 1 aromatic heterocycles. The second kappa shape index (κ2) is 7.09. The average molecular weight is 305 g/mol. The molecule has 1 aromatic carbocycles. The van der Waals surface area contributed by atoms with Crippen molar-refractivity contribution >= 4 is 22.8 Å². The van der Waals surface area contributed by atoms with E-state index < -0.39 is 17.9 Å². The summed E-state index contributed by atoms with van der Waals surface area (Å²) in [4.78, 5) is 23.4. The van der Waals surface area contributed by atoms with Crippen LogP contribution in [0.5, 0.6) is 0 Å². The summed E-state index contributed by atoms with van der Waals surface area (Å²) in [7, 11) is 1.48. The Morgan fingerprint density at radius 1 is 1.36 bits per heavy atom. The number of nitrogens with one attached hydrogen (secondary N) is 1. The molecule has 118 valence electrons. The molecule has 1 heterocycles. The van der Waals surface area contributed by atoms with Crippen molar-refractivity contribution in [3.05, 3.63) is 36.1 Å². The SMILES string of the molecule is COCCC(NC(=O)C(C)c1cc2ccccc2o1)C(=O)O. The molecular weight excluding hydrogens is 286 g/mol. The van der Waals surface area contributed by atoms with Gasteiger partial charge < -0.3 is 19.6 Å². The van der Waals surface area contributed by atoms with E-state index in [0.717, 1.165) is 5.39 Å². The van der Waals surface area contributed by atoms with Gasteiger partial charge in [0.1, 0.15) is 17.4 Å². The number of carboxylic acid groups (broad SMARTS) is 1. The van der Waals surface area contributed by atoms with Crippen LogP contribution >= 0.6 is 0 Å². The van der Waals surface area contributed by atoms with E-state index in [9.17, 15) is 9.59 Å². The Morgan fingerprint density at radius 2 is 2.09 bits per heavy atom. The summed E-state index contributed by atoms with van der Waals surface area (Å²) in [6, 6.07) is 8.28. The van der Waals surface area contributed by atoms with E-state index in [4.69, 9.17) is 14.3 Å². The smallest absolute Gasteiger partial charge is 0.326 e.